The smallest absolute Gasteiger partial charge is 0.124 e. The van der Waals surface area contributed by atoms with Gasteiger partial charge < -0.3 is 4.79 Å². The van der Waals surface area contributed by atoms with E-state index >= 15 is 0 Å². The monoisotopic (exact) mass is 137 g/mol. The molecule has 0 aromatic heterocycles. The second-order valence-corrected chi connectivity index (χ2v) is 1.74. The Morgan fingerprint density at radius 1 is 1.70 bits per heavy atom. The molecule has 0 saturated heterocycles. The van der Waals surface area contributed by atoms with Crippen LogP contribution >= 0.6 is 0 Å². The Hall–Kier alpha value is -1.18. The third-order valence-electron chi connectivity index (χ3n) is 0.946. The van der Waals surface area contributed by atoms with Gasteiger partial charge in [0.2, 0.25) is 0 Å². The molecular weight excluding hydrogens is 126 g/mol. The maximum Gasteiger partial charge on any atom is 0.124 e. The average molecular weight is 137 g/mol. The molecule has 2 nitrogen and oxygen atoms in total. The maximum atomic E-state index is 10.0. The minimum absolute atomic E-state index is 0.406. The number of rotatable bonds is 4. The van der Waals surface area contributed by atoms with Gasteiger partial charge in [0.25, 0.3) is 0 Å². The van der Waals surface area contributed by atoms with Crippen LogP contribution in [0.3, 0.4) is 0 Å². The summed E-state index contributed by atoms with van der Waals surface area (Å²) in [4.78, 5) is 13.8. The van der Waals surface area contributed by atoms with Gasteiger partial charge >= 0.3 is 0 Å². The molecule has 0 fully saturated rings. The summed E-state index contributed by atoms with van der Waals surface area (Å²) in [7, 11) is 1.67. The molecule has 0 aliphatic carbocycles. The lowest BCUT2D eigenvalue weighted by Gasteiger charge is -1.89. The third kappa shape index (κ3) is 3.78. The quantitative estimate of drug-likeness (QED) is 0.327. The highest BCUT2D eigenvalue weighted by Crippen LogP contribution is 1.94. The van der Waals surface area contributed by atoms with E-state index in [0.717, 1.165) is 11.9 Å². The summed E-state index contributed by atoms with van der Waals surface area (Å²) >= 11 is 0. The van der Waals surface area contributed by atoms with E-state index in [1.165, 1.54) is 0 Å². The van der Waals surface area contributed by atoms with Crippen LogP contribution in [0.4, 0.5) is 0 Å². The predicted octanol–water partition coefficient (Wildman–Crippen LogP) is 1.39. The summed E-state index contributed by atoms with van der Waals surface area (Å²) in [5.74, 6) is 0. The van der Waals surface area contributed by atoms with Crippen LogP contribution in [0.5, 0.6) is 0 Å². The highest BCUT2D eigenvalue weighted by molar-refractivity contribution is 5.83. The number of carbonyl (C=O) groups excluding carboxylic acids is 1. The first-order valence-electron chi connectivity index (χ1n) is 3.02. The van der Waals surface area contributed by atoms with Gasteiger partial charge in [-0.15, -0.1) is 0 Å². The zero-order valence-corrected chi connectivity index (χ0v) is 6.08. The molecule has 0 radical (unpaired) electrons. The van der Waals surface area contributed by atoms with Gasteiger partial charge in [-0.25, -0.2) is 0 Å². The van der Waals surface area contributed by atoms with Crippen molar-refractivity contribution in [1.82, 2.24) is 0 Å². The van der Waals surface area contributed by atoms with E-state index in [9.17, 15) is 4.79 Å². The molecule has 0 aliphatic rings. The normalized spacial score (nSPS) is 11.9. The standard InChI is InChI=1S/C8H11NO/c1-3-4-8(5-6-10)7-9-2/h3-4,6-7H,1,5H2,2H3/b8-4-,9-7?. The van der Waals surface area contributed by atoms with Crippen molar-refractivity contribution >= 4 is 12.5 Å². The molecule has 0 saturated carbocycles. The minimum atomic E-state index is 0.406. The van der Waals surface area contributed by atoms with Crippen molar-refractivity contribution in [2.75, 3.05) is 7.05 Å². The van der Waals surface area contributed by atoms with Crippen molar-refractivity contribution in [3.63, 3.8) is 0 Å². The van der Waals surface area contributed by atoms with Crippen molar-refractivity contribution in [3.8, 4) is 0 Å². The first-order chi connectivity index (χ1) is 4.85. The summed E-state index contributed by atoms with van der Waals surface area (Å²) in [5.41, 5.74) is 0.882. The van der Waals surface area contributed by atoms with Crippen LogP contribution < -0.4 is 0 Å². The molecule has 0 aromatic carbocycles. The van der Waals surface area contributed by atoms with Gasteiger partial charge in [-0.2, -0.15) is 0 Å². The Balaban J connectivity index is 4.09. The molecule has 0 bridgehead atoms. The van der Waals surface area contributed by atoms with Crippen molar-refractivity contribution in [2.24, 2.45) is 4.99 Å². The largest absolute Gasteiger partial charge is 0.303 e. The molecule has 10 heavy (non-hydrogen) atoms. The van der Waals surface area contributed by atoms with E-state index in [0.29, 0.717) is 6.42 Å². The van der Waals surface area contributed by atoms with Crippen LogP contribution in [-0.2, 0) is 4.79 Å². The van der Waals surface area contributed by atoms with Gasteiger partial charge in [0.1, 0.15) is 6.29 Å². The minimum Gasteiger partial charge on any atom is -0.303 e. The number of hydrogen-bond acceptors (Lipinski definition) is 2. The zero-order valence-electron chi connectivity index (χ0n) is 6.08. The molecule has 54 valence electrons. The molecule has 2 heteroatoms. The highest BCUT2D eigenvalue weighted by atomic mass is 16.1. The van der Waals surface area contributed by atoms with Crippen molar-refractivity contribution in [3.05, 3.63) is 24.3 Å². The molecule has 0 rings (SSSR count). The fraction of sp³-hybridized carbons (Fsp3) is 0.250. The number of hydrogen-bond donors (Lipinski definition) is 0. The molecule has 0 spiro atoms. The fourth-order valence-electron chi connectivity index (χ4n) is 0.577. The van der Waals surface area contributed by atoms with E-state index in [4.69, 9.17) is 0 Å². The summed E-state index contributed by atoms with van der Waals surface area (Å²) in [5, 5.41) is 0. The Morgan fingerprint density at radius 3 is 2.80 bits per heavy atom. The zero-order chi connectivity index (χ0) is 7.82. The highest BCUT2D eigenvalue weighted by Gasteiger charge is 1.87. The SMILES string of the molecule is C=C/C=C(\C=NC)CC=O. The van der Waals surface area contributed by atoms with Crippen LogP contribution in [0.25, 0.3) is 0 Å². The predicted molar refractivity (Wildman–Crippen MR) is 43.4 cm³/mol. The number of allylic oxidation sites excluding steroid dienone is 3. The summed E-state index contributed by atoms with van der Waals surface area (Å²) < 4.78 is 0. The molecule has 0 aromatic rings. The molecule has 0 N–H and O–H groups in total. The molecular formula is C8H11NO. The van der Waals surface area contributed by atoms with E-state index in [1.54, 1.807) is 25.4 Å². The third-order valence-corrected chi connectivity index (χ3v) is 0.946. The van der Waals surface area contributed by atoms with Crippen LogP contribution in [0.15, 0.2) is 29.3 Å². The van der Waals surface area contributed by atoms with Gasteiger partial charge in [-0.05, 0) is 5.57 Å². The van der Waals surface area contributed by atoms with Crippen LogP contribution in [-0.4, -0.2) is 19.5 Å². The Labute approximate surface area is 61.0 Å². The van der Waals surface area contributed by atoms with E-state index in [-0.39, 0.29) is 0 Å². The Bertz CT molecular complexity index is 168. The number of aldehydes is 1. The van der Waals surface area contributed by atoms with Crippen molar-refractivity contribution in [2.45, 2.75) is 6.42 Å². The molecule has 0 heterocycles. The van der Waals surface area contributed by atoms with E-state index in [2.05, 4.69) is 11.6 Å². The van der Waals surface area contributed by atoms with Crippen LogP contribution in [0.1, 0.15) is 6.42 Å². The number of aliphatic imine (C=N–C) groups is 1. The van der Waals surface area contributed by atoms with Crippen molar-refractivity contribution in [1.29, 1.82) is 0 Å². The number of carbonyl (C=O) groups is 1. The van der Waals surface area contributed by atoms with Gasteiger partial charge in [0.15, 0.2) is 0 Å². The first kappa shape index (κ1) is 8.82. The first-order valence-corrected chi connectivity index (χ1v) is 3.02. The Kier molecular flexibility index (Phi) is 5.25. The van der Waals surface area contributed by atoms with Crippen molar-refractivity contribution < 1.29 is 4.79 Å². The fourth-order valence-corrected chi connectivity index (χ4v) is 0.577. The number of nitrogens with zero attached hydrogens (tertiary/aromatic N) is 1. The van der Waals surface area contributed by atoms with Gasteiger partial charge in [0, 0.05) is 19.7 Å². The maximum absolute atomic E-state index is 10.0. The van der Waals surface area contributed by atoms with Crippen LogP contribution in [0, 0.1) is 0 Å². The summed E-state index contributed by atoms with van der Waals surface area (Å²) in [6.45, 7) is 3.51. The Morgan fingerprint density at radius 2 is 2.40 bits per heavy atom. The van der Waals surface area contributed by atoms with Gasteiger partial charge in [-0.3, -0.25) is 4.99 Å². The van der Waals surface area contributed by atoms with Gasteiger partial charge in [0.05, 0.1) is 0 Å². The van der Waals surface area contributed by atoms with Gasteiger partial charge in [-0.1, -0.05) is 18.7 Å². The second kappa shape index (κ2) is 5.95. The van der Waals surface area contributed by atoms with E-state index in [1.807, 2.05) is 0 Å². The van der Waals surface area contributed by atoms with Crippen LogP contribution in [0.2, 0.25) is 0 Å². The lowest BCUT2D eigenvalue weighted by atomic mass is 10.2. The molecule has 0 amide bonds. The lowest BCUT2D eigenvalue weighted by molar-refractivity contribution is -0.107. The van der Waals surface area contributed by atoms with E-state index < -0.39 is 0 Å². The molecule has 0 unspecified atom stereocenters. The molecule has 0 atom stereocenters. The summed E-state index contributed by atoms with van der Waals surface area (Å²) in [6.07, 6.45) is 6.30. The average Bonchev–Trinajstić information content (AvgIpc) is 1.90. The molecule has 0 aliphatic heterocycles. The lowest BCUT2D eigenvalue weighted by Crippen LogP contribution is -1.85. The second-order valence-electron chi connectivity index (χ2n) is 1.74. The summed E-state index contributed by atoms with van der Waals surface area (Å²) in [6, 6.07) is 0. The topological polar surface area (TPSA) is 29.4 Å².